The standard InChI is InChI=1S/C15H26N2OS/c1-11-7-10-19-15(11)14(12(2)16)17-8-4-3-5-13(17)6-9-18/h7,10,12-14,18H,3-6,8-9,16H2,1-2H3. The summed E-state index contributed by atoms with van der Waals surface area (Å²) in [6, 6.07) is 3.09. The van der Waals surface area contributed by atoms with Crippen LogP contribution < -0.4 is 5.73 Å². The predicted octanol–water partition coefficient (Wildman–Crippen LogP) is 2.68. The van der Waals surface area contributed by atoms with Crippen LogP contribution in [0.4, 0.5) is 0 Å². The van der Waals surface area contributed by atoms with E-state index in [1.807, 2.05) is 11.3 Å². The Hall–Kier alpha value is -0.420. The van der Waals surface area contributed by atoms with Crippen LogP contribution in [-0.2, 0) is 0 Å². The molecule has 0 aromatic carbocycles. The summed E-state index contributed by atoms with van der Waals surface area (Å²) in [6.45, 7) is 5.66. The molecule has 0 aliphatic carbocycles. The van der Waals surface area contributed by atoms with Crippen molar-refractivity contribution in [3.05, 3.63) is 21.9 Å². The summed E-state index contributed by atoms with van der Waals surface area (Å²) in [5.41, 5.74) is 7.64. The van der Waals surface area contributed by atoms with Crippen molar-refractivity contribution in [3.63, 3.8) is 0 Å². The van der Waals surface area contributed by atoms with Crippen molar-refractivity contribution in [3.8, 4) is 0 Å². The third kappa shape index (κ3) is 3.37. The van der Waals surface area contributed by atoms with Gasteiger partial charge >= 0.3 is 0 Å². The van der Waals surface area contributed by atoms with E-state index in [-0.39, 0.29) is 12.6 Å². The van der Waals surface area contributed by atoms with E-state index in [9.17, 15) is 5.11 Å². The van der Waals surface area contributed by atoms with Gasteiger partial charge in [-0.05, 0) is 56.7 Å². The van der Waals surface area contributed by atoms with Gasteiger partial charge < -0.3 is 10.8 Å². The highest BCUT2D eigenvalue weighted by molar-refractivity contribution is 7.10. The number of rotatable bonds is 5. The predicted molar refractivity (Wildman–Crippen MR) is 81.5 cm³/mol. The molecule has 1 aromatic rings. The van der Waals surface area contributed by atoms with Crippen molar-refractivity contribution in [2.24, 2.45) is 5.73 Å². The van der Waals surface area contributed by atoms with Crippen LogP contribution in [0.25, 0.3) is 0 Å². The molecule has 3 unspecified atom stereocenters. The SMILES string of the molecule is Cc1ccsc1C(C(C)N)N1CCCCC1CCO. The molecular weight excluding hydrogens is 256 g/mol. The topological polar surface area (TPSA) is 49.5 Å². The first kappa shape index (κ1) is 15.0. The molecule has 3 atom stereocenters. The van der Waals surface area contributed by atoms with Gasteiger partial charge in [-0.2, -0.15) is 0 Å². The van der Waals surface area contributed by atoms with Crippen molar-refractivity contribution in [1.29, 1.82) is 0 Å². The Morgan fingerprint density at radius 3 is 2.89 bits per heavy atom. The fourth-order valence-electron chi connectivity index (χ4n) is 3.23. The minimum atomic E-state index is 0.122. The van der Waals surface area contributed by atoms with Crippen LogP contribution in [0.5, 0.6) is 0 Å². The highest BCUT2D eigenvalue weighted by Gasteiger charge is 2.32. The Kier molecular flexibility index (Phi) is 5.39. The second-order valence-electron chi connectivity index (χ2n) is 5.67. The van der Waals surface area contributed by atoms with Gasteiger partial charge in [0.25, 0.3) is 0 Å². The molecule has 3 nitrogen and oxygen atoms in total. The third-order valence-corrected chi connectivity index (χ3v) is 5.25. The molecule has 2 rings (SSSR count). The lowest BCUT2D eigenvalue weighted by Gasteiger charge is -2.42. The molecule has 0 saturated carbocycles. The number of nitrogens with zero attached hydrogens (tertiary/aromatic N) is 1. The molecular formula is C15H26N2OS. The van der Waals surface area contributed by atoms with Gasteiger partial charge in [-0.15, -0.1) is 11.3 Å². The number of hydrogen-bond acceptors (Lipinski definition) is 4. The van der Waals surface area contributed by atoms with E-state index in [1.165, 1.54) is 29.7 Å². The lowest BCUT2D eigenvalue weighted by atomic mass is 9.94. The molecule has 108 valence electrons. The molecule has 19 heavy (non-hydrogen) atoms. The number of nitrogens with two attached hydrogens (primary N) is 1. The van der Waals surface area contributed by atoms with Crippen LogP contribution >= 0.6 is 11.3 Å². The average molecular weight is 282 g/mol. The summed E-state index contributed by atoms with van der Waals surface area (Å²) in [5.74, 6) is 0. The first-order valence-corrected chi connectivity index (χ1v) is 8.19. The van der Waals surface area contributed by atoms with Crippen LogP contribution in [0.2, 0.25) is 0 Å². The van der Waals surface area contributed by atoms with Crippen molar-refractivity contribution < 1.29 is 5.11 Å². The number of piperidine rings is 1. The van der Waals surface area contributed by atoms with E-state index in [4.69, 9.17) is 5.73 Å². The first-order valence-electron chi connectivity index (χ1n) is 7.31. The highest BCUT2D eigenvalue weighted by atomic mass is 32.1. The quantitative estimate of drug-likeness (QED) is 0.873. The Morgan fingerprint density at radius 1 is 1.53 bits per heavy atom. The van der Waals surface area contributed by atoms with E-state index in [0.29, 0.717) is 12.1 Å². The molecule has 1 aliphatic heterocycles. The molecule has 2 heterocycles. The van der Waals surface area contributed by atoms with Crippen molar-refractivity contribution >= 4 is 11.3 Å². The van der Waals surface area contributed by atoms with Crippen LogP contribution in [0.3, 0.4) is 0 Å². The third-order valence-electron chi connectivity index (χ3n) is 4.16. The second-order valence-corrected chi connectivity index (χ2v) is 6.62. The molecule has 1 saturated heterocycles. The number of likely N-dealkylation sites (tertiary alicyclic amines) is 1. The van der Waals surface area contributed by atoms with Crippen molar-refractivity contribution in [2.45, 2.75) is 57.7 Å². The van der Waals surface area contributed by atoms with E-state index in [2.05, 4.69) is 30.2 Å². The maximum atomic E-state index is 9.29. The summed E-state index contributed by atoms with van der Waals surface area (Å²) in [4.78, 5) is 3.95. The fraction of sp³-hybridized carbons (Fsp3) is 0.733. The smallest absolute Gasteiger partial charge is 0.0595 e. The molecule has 1 fully saturated rings. The van der Waals surface area contributed by atoms with Gasteiger partial charge in [0, 0.05) is 23.6 Å². The summed E-state index contributed by atoms with van der Waals surface area (Å²) in [6.07, 6.45) is 4.58. The molecule has 0 amide bonds. The van der Waals surface area contributed by atoms with Gasteiger partial charge in [0.2, 0.25) is 0 Å². The number of hydrogen-bond donors (Lipinski definition) is 2. The zero-order chi connectivity index (χ0) is 13.8. The second kappa shape index (κ2) is 6.84. The molecule has 3 N–H and O–H groups in total. The minimum Gasteiger partial charge on any atom is -0.396 e. The molecule has 1 aliphatic rings. The Balaban J connectivity index is 2.24. The average Bonchev–Trinajstić information content (AvgIpc) is 2.78. The van der Waals surface area contributed by atoms with Gasteiger partial charge in [0.15, 0.2) is 0 Å². The van der Waals surface area contributed by atoms with Crippen molar-refractivity contribution in [1.82, 2.24) is 4.90 Å². The summed E-state index contributed by atoms with van der Waals surface area (Å²) in [7, 11) is 0. The summed E-state index contributed by atoms with van der Waals surface area (Å²) in [5, 5.41) is 11.4. The number of aryl methyl sites for hydroxylation is 1. The van der Waals surface area contributed by atoms with Gasteiger partial charge in [0.1, 0.15) is 0 Å². The Morgan fingerprint density at radius 2 is 2.32 bits per heavy atom. The monoisotopic (exact) mass is 282 g/mol. The van der Waals surface area contributed by atoms with Crippen LogP contribution in [-0.4, -0.2) is 35.2 Å². The lowest BCUT2D eigenvalue weighted by molar-refractivity contribution is 0.0666. The largest absolute Gasteiger partial charge is 0.396 e. The van der Waals surface area contributed by atoms with Crippen LogP contribution in [0.15, 0.2) is 11.4 Å². The Labute approximate surface area is 120 Å². The number of thiophene rings is 1. The van der Waals surface area contributed by atoms with E-state index < -0.39 is 0 Å². The zero-order valence-corrected chi connectivity index (χ0v) is 12.8. The van der Waals surface area contributed by atoms with Crippen LogP contribution in [0, 0.1) is 6.92 Å². The van der Waals surface area contributed by atoms with E-state index in [1.54, 1.807) is 0 Å². The molecule has 0 bridgehead atoms. The number of aliphatic hydroxyl groups is 1. The normalized spacial score (nSPS) is 24.3. The van der Waals surface area contributed by atoms with Gasteiger partial charge in [-0.1, -0.05) is 6.42 Å². The fourth-order valence-corrected chi connectivity index (χ4v) is 4.39. The Bertz CT molecular complexity index is 389. The number of aliphatic hydroxyl groups excluding tert-OH is 1. The van der Waals surface area contributed by atoms with E-state index in [0.717, 1.165) is 13.0 Å². The van der Waals surface area contributed by atoms with Gasteiger partial charge in [-0.3, -0.25) is 4.90 Å². The minimum absolute atomic E-state index is 0.122. The van der Waals surface area contributed by atoms with E-state index >= 15 is 0 Å². The summed E-state index contributed by atoms with van der Waals surface area (Å²) < 4.78 is 0. The first-order chi connectivity index (χ1) is 9.15. The lowest BCUT2D eigenvalue weighted by Crippen LogP contribution is -2.47. The maximum Gasteiger partial charge on any atom is 0.0595 e. The van der Waals surface area contributed by atoms with Crippen molar-refractivity contribution in [2.75, 3.05) is 13.2 Å². The molecule has 1 aromatic heterocycles. The van der Waals surface area contributed by atoms with Gasteiger partial charge in [-0.25, -0.2) is 0 Å². The van der Waals surface area contributed by atoms with Gasteiger partial charge in [0.05, 0.1) is 6.04 Å². The molecule has 0 radical (unpaired) electrons. The maximum absolute atomic E-state index is 9.29. The molecule has 4 heteroatoms. The highest BCUT2D eigenvalue weighted by Crippen LogP contribution is 2.35. The van der Waals surface area contributed by atoms with Crippen LogP contribution in [0.1, 0.15) is 49.1 Å². The molecule has 0 spiro atoms. The zero-order valence-electron chi connectivity index (χ0n) is 12.0. The summed E-state index contributed by atoms with van der Waals surface area (Å²) >= 11 is 1.82.